The van der Waals surface area contributed by atoms with Crippen molar-refractivity contribution in [3.05, 3.63) is 23.5 Å². The summed E-state index contributed by atoms with van der Waals surface area (Å²) in [4.78, 5) is 26.7. The van der Waals surface area contributed by atoms with Crippen molar-refractivity contribution in [3.63, 3.8) is 0 Å². The van der Waals surface area contributed by atoms with E-state index in [1.807, 2.05) is 0 Å². The molecular formula is C34H54N2S2Sn2. The number of benzene rings is 1. The van der Waals surface area contributed by atoms with Crippen LogP contribution >= 0.6 is 22.7 Å². The summed E-state index contributed by atoms with van der Waals surface area (Å²) in [5.74, 6) is 1.40. The van der Waals surface area contributed by atoms with Gasteiger partial charge in [-0.3, -0.25) is 0 Å². The van der Waals surface area contributed by atoms with Crippen LogP contribution in [0.25, 0.3) is 31.2 Å². The van der Waals surface area contributed by atoms with Gasteiger partial charge < -0.3 is 0 Å². The van der Waals surface area contributed by atoms with Crippen LogP contribution in [0.15, 0.2) is 12.1 Å². The summed E-state index contributed by atoms with van der Waals surface area (Å²) in [5.41, 5.74) is 5.01. The second-order valence-corrected chi connectivity index (χ2v) is 47.2. The molecule has 0 bridgehead atoms. The van der Waals surface area contributed by atoms with Crippen molar-refractivity contribution in [1.82, 2.24) is 9.97 Å². The Bertz CT molecular complexity index is 1330. The first-order valence-electron chi connectivity index (χ1n) is 16.1. The Morgan fingerprint density at radius 1 is 0.625 bits per heavy atom. The van der Waals surface area contributed by atoms with Crippen LogP contribution in [-0.2, 0) is 12.8 Å². The third-order valence-electron chi connectivity index (χ3n) is 8.76. The van der Waals surface area contributed by atoms with Crippen LogP contribution in [0.3, 0.4) is 0 Å². The number of fused-ring (bicyclic) bond motifs is 6. The molecule has 4 rings (SSSR count). The van der Waals surface area contributed by atoms with E-state index in [2.05, 4.69) is 92.1 Å². The molecular weight excluding hydrogens is 738 g/mol. The third kappa shape index (κ3) is 7.41. The molecule has 2 unspecified atom stereocenters. The Labute approximate surface area is 260 Å². The Morgan fingerprint density at radius 3 is 1.30 bits per heavy atom. The fourth-order valence-corrected chi connectivity index (χ4v) is 18.7. The molecule has 0 saturated carbocycles. The van der Waals surface area contributed by atoms with Crippen molar-refractivity contribution >= 4 is 96.4 Å². The van der Waals surface area contributed by atoms with E-state index in [0.29, 0.717) is 11.8 Å². The molecule has 1 aromatic carbocycles. The number of hydrogen-bond donors (Lipinski definition) is 0. The molecule has 0 fully saturated rings. The number of rotatable bonds is 14. The summed E-state index contributed by atoms with van der Waals surface area (Å²) in [6, 6.07) is 5.11. The average molecular weight is 792 g/mol. The molecule has 0 N–H and O–H groups in total. The normalized spacial score (nSPS) is 14.6. The second kappa shape index (κ2) is 13.8. The summed E-state index contributed by atoms with van der Waals surface area (Å²) >= 11 is -0.308. The number of thiophene rings is 2. The van der Waals surface area contributed by atoms with E-state index in [0.717, 1.165) is 12.8 Å². The number of aromatic nitrogens is 2. The molecule has 2 atom stereocenters. The van der Waals surface area contributed by atoms with Crippen molar-refractivity contribution in [1.29, 1.82) is 0 Å². The fraction of sp³-hybridized carbons (Fsp3) is 0.647. The number of hydrogen-bond acceptors (Lipinski definition) is 4. The van der Waals surface area contributed by atoms with E-state index in [9.17, 15) is 0 Å². The van der Waals surface area contributed by atoms with Crippen molar-refractivity contribution in [2.75, 3.05) is 0 Å². The molecule has 3 heterocycles. The zero-order valence-electron chi connectivity index (χ0n) is 27.1. The number of unbranched alkanes of at least 4 members (excludes halogenated alkanes) is 2. The fourth-order valence-electron chi connectivity index (χ4n) is 5.85. The minimum absolute atomic E-state index is 0.701. The molecule has 0 radical (unpaired) electrons. The van der Waals surface area contributed by atoms with Crippen LogP contribution in [0.4, 0.5) is 0 Å². The SMILES string of the molecule is CCCCC(CC)Cc1nc2c3c[c]([Sn]([CH3])([CH3])[CH3])sc3c3s[c]([Sn]([CH3])([CH3])[CH3])cc3c2nc1CC(CC)CCCC. The Hall–Kier alpha value is 0.0774. The average Bonchev–Trinajstić information content (AvgIpc) is 3.54. The standard InChI is InChI=1S/C28H36N2S2.6CH3.2Sn/c1-5-9-11-19(7-3)17-23-24(18-20(8-4)12-10-6-2)30-26-22-14-16-32-28(22)27-21(13-15-31-27)25(26)29-23;;;;;;;;/h13-14,19-20H,5-12,17-18H2,1-4H3;6*1H3;;. The summed E-state index contributed by atoms with van der Waals surface area (Å²) < 4.78 is 6.33. The van der Waals surface area contributed by atoms with E-state index in [-0.39, 0.29) is 0 Å². The zero-order chi connectivity index (χ0) is 29.2. The van der Waals surface area contributed by atoms with Crippen LogP contribution in [0.1, 0.15) is 90.4 Å². The quantitative estimate of drug-likeness (QED) is 0.119. The maximum atomic E-state index is 5.67. The van der Waals surface area contributed by atoms with E-state index in [1.54, 1.807) is 5.79 Å². The van der Waals surface area contributed by atoms with E-state index < -0.39 is 36.8 Å². The van der Waals surface area contributed by atoms with Gasteiger partial charge in [0.25, 0.3) is 0 Å². The van der Waals surface area contributed by atoms with E-state index in [4.69, 9.17) is 9.97 Å². The van der Waals surface area contributed by atoms with Crippen molar-refractivity contribution in [3.8, 4) is 0 Å². The molecule has 2 nitrogen and oxygen atoms in total. The second-order valence-electron chi connectivity index (χ2n) is 14.3. The minimum atomic E-state index is -2.25. The predicted molar refractivity (Wildman–Crippen MR) is 190 cm³/mol. The summed E-state index contributed by atoms with van der Waals surface area (Å²) in [6.07, 6.45) is 12.4. The third-order valence-corrected chi connectivity index (χ3v) is 30.0. The molecule has 0 aliphatic carbocycles. The monoisotopic (exact) mass is 794 g/mol. The van der Waals surface area contributed by atoms with E-state index in [1.165, 1.54) is 94.0 Å². The molecule has 0 amide bonds. The number of nitrogens with zero attached hydrogens (tertiary/aromatic N) is 2. The van der Waals surface area contributed by atoms with Crippen molar-refractivity contribution in [2.24, 2.45) is 11.8 Å². The predicted octanol–water partition coefficient (Wildman–Crippen LogP) is 10.7. The Balaban J connectivity index is 2.01. The van der Waals surface area contributed by atoms with Gasteiger partial charge in [-0.25, -0.2) is 0 Å². The van der Waals surface area contributed by atoms with Gasteiger partial charge >= 0.3 is 263 Å². The topological polar surface area (TPSA) is 25.8 Å². The van der Waals surface area contributed by atoms with E-state index >= 15 is 0 Å². The van der Waals surface area contributed by atoms with Gasteiger partial charge in [0.05, 0.1) is 0 Å². The first-order chi connectivity index (χ1) is 18.9. The van der Waals surface area contributed by atoms with Gasteiger partial charge in [0, 0.05) is 0 Å². The molecule has 4 aromatic rings. The molecule has 220 valence electrons. The molecule has 3 aromatic heterocycles. The van der Waals surface area contributed by atoms with Gasteiger partial charge in [-0.2, -0.15) is 0 Å². The first-order valence-corrected chi connectivity index (χ1v) is 37.7. The van der Waals surface area contributed by atoms with Gasteiger partial charge in [0.1, 0.15) is 0 Å². The summed E-state index contributed by atoms with van der Waals surface area (Å²) in [5, 5.41) is 2.79. The zero-order valence-corrected chi connectivity index (χ0v) is 34.4. The Kier molecular flexibility index (Phi) is 11.4. The van der Waals surface area contributed by atoms with Gasteiger partial charge in [-0.15, -0.1) is 0 Å². The summed E-state index contributed by atoms with van der Waals surface area (Å²) in [7, 11) is 0. The molecule has 6 heteroatoms. The molecule has 0 saturated heterocycles. The van der Waals surface area contributed by atoms with Crippen LogP contribution < -0.4 is 5.79 Å². The van der Waals surface area contributed by atoms with Gasteiger partial charge in [-0.05, 0) is 0 Å². The van der Waals surface area contributed by atoms with Crippen molar-refractivity contribution in [2.45, 2.75) is 122 Å². The summed E-state index contributed by atoms with van der Waals surface area (Å²) in [6.45, 7) is 9.39. The first kappa shape index (κ1) is 33.0. The van der Waals surface area contributed by atoms with Crippen molar-refractivity contribution < 1.29 is 0 Å². The maximum absolute atomic E-state index is 5.67. The van der Waals surface area contributed by atoms with Crippen LogP contribution in [0.5, 0.6) is 0 Å². The van der Waals surface area contributed by atoms with Crippen LogP contribution in [0.2, 0.25) is 29.6 Å². The Morgan fingerprint density at radius 2 is 1.00 bits per heavy atom. The van der Waals surface area contributed by atoms with Gasteiger partial charge in [0.15, 0.2) is 0 Å². The van der Waals surface area contributed by atoms with Gasteiger partial charge in [-0.1, -0.05) is 0 Å². The molecule has 40 heavy (non-hydrogen) atoms. The molecule has 0 aliphatic rings. The van der Waals surface area contributed by atoms with Crippen LogP contribution in [-0.4, -0.2) is 46.7 Å². The molecule has 0 spiro atoms. The van der Waals surface area contributed by atoms with Gasteiger partial charge in [0.2, 0.25) is 0 Å². The van der Waals surface area contributed by atoms with Crippen LogP contribution in [0, 0.1) is 11.8 Å². The molecule has 0 aliphatic heterocycles.